The fourth-order valence-corrected chi connectivity index (χ4v) is 2.51. The van der Waals surface area contributed by atoms with Crippen molar-refractivity contribution in [2.75, 3.05) is 0 Å². The molecule has 1 unspecified atom stereocenters. The molecule has 0 aliphatic carbocycles. The van der Waals surface area contributed by atoms with Crippen LogP contribution in [0.1, 0.15) is 36.2 Å². The number of amides is 2. The number of rotatable bonds is 8. The van der Waals surface area contributed by atoms with Crippen molar-refractivity contribution in [1.82, 2.24) is 10.8 Å². The molecule has 0 aliphatic heterocycles. The fraction of sp³-hybridized carbons (Fsp3) is 0.300. The molecule has 138 valence electrons. The number of hydroxylamine groups is 1. The van der Waals surface area contributed by atoms with Crippen LogP contribution in [0.5, 0.6) is 0 Å². The Hall–Kier alpha value is -2.37. The van der Waals surface area contributed by atoms with E-state index >= 15 is 0 Å². The number of carbonyl (C=O) groups excluding carboxylic acids is 2. The van der Waals surface area contributed by atoms with Crippen LogP contribution in [-0.4, -0.2) is 17.9 Å². The van der Waals surface area contributed by atoms with E-state index in [1.165, 1.54) is 0 Å². The Morgan fingerprint density at radius 1 is 1.04 bits per heavy atom. The molecule has 0 aromatic heterocycles. The van der Waals surface area contributed by atoms with E-state index in [4.69, 9.17) is 16.4 Å². The van der Waals surface area contributed by atoms with Crippen LogP contribution in [0.3, 0.4) is 0 Å². The maximum Gasteiger partial charge on any atom is 0.266 e. The normalized spacial score (nSPS) is 11.8. The van der Waals surface area contributed by atoms with Crippen molar-refractivity contribution in [2.45, 2.75) is 32.9 Å². The van der Waals surface area contributed by atoms with Gasteiger partial charge in [0, 0.05) is 10.6 Å². The number of benzene rings is 2. The SMILES string of the molecule is CC(C)CC(NC(=O)c1ccc(Cl)cc1)C(=O)NOCc1ccccc1. The zero-order valence-corrected chi connectivity index (χ0v) is 15.6. The molecule has 0 bridgehead atoms. The highest BCUT2D eigenvalue weighted by Crippen LogP contribution is 2.11. The molecule has 2 aromatic rings. The number of nitrogens with one attached hydrogen (secondary N) is 2. The van der Waals surface area contributed by atoms with Gasteiger partial charge in [-0.1, -0.05) is 55.8 Å². The summed E-state index contributed by atoms with van der Waals surface area (Å²) in [5.74, 6) is -0.479. The first-order valence-corrected chi connectivity index (χ1v) is 8.85. The Morgan fingerprint density at radius 2 is 1.69 bits per heavy atom. The van der Waals surface area contributed by atoms with Gasteiger partial charge in [0.2, 0.25) is 0 Å². The van der Waals surface area contributed by atoms with Crippen LogP contribution < -0.4 is 10.8 Å². The predicted molar refractivity (Wildman–Crippen MR) is 102 cm³/mol. The summed E-state index contributed by atoms with van der Waals surface area (Å²) in [4.78, 5) is 30.1. The first-order valence-electron chi connectivity index (χ1n) is 8.47. The molecule has 1 atom stereocenters. The quantitative estimate of drug-likeness (QED) is 0.692. The summed E-state index contributed by atoms with van der Waals surface area (Å²) in [5, 5.41) is 3.31. The standard InChI is InChI=1S/C20H23ClN2O3/c1-14(2)12-18(22-19(24)16-8-10-17(21)11-9-16)20(25)23-26-13-15-6-4-3-5-7-15/h3-11,14,18H,12-13H2,1-2H3,(H,22,24)(H,23,25). The highest BCUT2D eigenvalue weighted by molar-refractivity contribution is 6.30. The molecule has 2 amide bonds. The molecular formula is C20H23ClN2O3. The minimum Gasteiger partial charge on any atom is -0.340 e. The molecule has 0 saturated carbocycles. The largest absolute Gasteiger partial charge is 0.340 e. The molecule has 2 aromatic carbocycles. The van der Waals surface area contributed by atoms with E-state index < -0.39 is 6.04 Å². The lowest BCUT2D eigenvalue weighted by molar-refractivity contribution is -0.137. The van der Waals surface area contributed by atoms with Gasteiger partial charge >= 0.3 is 0 Å². The lowest BCUT2D eigenvalue weighted by Crippen LogP contribution is -2.47. The molecule has 2 rings (SSSR count). The van der Waals surface area contributed by atoms with Gasteiger partial charge in [-0.2, -0.15) is 0 Å². The lowest BCUT2D eigenvalue weighted by Gasteiger charge is -2.20. The van der Waals surface area contributed by atoms with E-state index in [1.807, 2.05) is 44.2 Å². The van der Waals surface area contributed by atoms with Crippen LogP contribution in [0.25, 0.3) is 0 Å². The Morgan fingerprint density at radius 3 is 2.31 bits per heavy atom. The van der Waals surface area contributed by atoms with Crippen molar-refractivity contribution in [2.24, 2.45) is 5.92 Å². The Labute approximate surface area is 158 Å². The van der Waals surface area contributed by atoms with Crippen molar-refractivity contribution >= 4 is 23.4 Å². The minimum atomic E-state index is -0.686. The molecule has 5 nitrogen and oxygen atoms in total. The van der Waals surface area contributed by atoms with Gasteiger partial charge < -0.3 is 5.32 Å². The minimum absolute atomic E-state index is 0.227. The maximum atomic E-state index is 12.4. The maximum absolute atomic E-state index is 12.4. The van der Waals surface area contributed by atoms with Crippen molar-refractivity contribution in [1.29, 1.82) is 0 Å². The van der Waals surface area contributed by atoms with Crippen LogP contribution in [0, 0.1) is 5.92 Å². The molecule has 6 heteroatoms. The number of carbonyl (C=O) groups is 2. The summed E-state index contributed by atoms with van der Waals surface area (Å²) >= 11 is 5.84. The van der Waals surface area contributed by atoms with Crippen LogP contribution in [0.15, 0.2) is 54.6 Å². The van der Waals surface area contributed by atoms with Crippen LogP contribution in [-0.2, 0) is 16.2 Å². The molecule has 0 heterocycles. The van der Waals surface area contributed by atoms with Gasteiger partial charge in [0.1, 0.15) is 6.04 Å². The number of hydrogen-bond donors (Lipinski definition) is 2. The van der Waals surface area contributed by atoms with Crippen LogP contribution in [0.2, 0.25) is 5.02 Å². The Balaban J connectivity index is 1.93. The number of hydrogen-bond acceptors (Lipinski definition) is 3. The summed E-state index contributed by atoms with van der Waals surface area (Å²) < 4.78 is 0. The van der Waals surface area contributed by atoms with Crippen molar-refractivity contribution in [3.8, 4) is 0 Å². The van der Waals surface area contributed by atoms with Crippen LogP contribution in [0.4, 0.5) is 0 Å². The zero-order chi connectivity index (χ0) is 18.9. The first kappa shape index (κ1) is 19.9. The Kier molecular flexibility index (Phi) is 7.63. The lowest BCUT2D eigenvalue weighted by atomic mass is 10.0. The summed E-state index contributed by atoms with van der Waals surface area (Å²) in [5.41, 5.74) is 3.82. The van der Waals surface area contributed by atoms with Crippen LogP contribution >= 0.6 is 11.6 Å². The second kappa shape index (κ2) is 9.94. The molecular weight excluding hydrogens is 352 g/mol. The molecule has 0 spiro atoms. The summed E-state index contributed by atoms with van der Waals surface area (Å²) in [6.45, 7) is 4.23. The van der Waals surface area contributed by atoms with Gasteiger partial charge in [-0.3, -0.25) is 14.4 Å². The third kappa shape index (κ3) is 6.50. The molecule has 0 fully saturated rings. The van der Waals surface area contributed by atoms with Crippen molar-refractivity contribution in [3.63, 3.8) is 0 Å². The van der Waals surface area contributed by atoms with Crippen molar-refractivity contribution < 1.29 is 14.4 Å². The molecule has 2 N–H and O–H groups in total. The van der Waals surface area contributed by atoms with E-state index in [2.05, 4.69) is 10.8 Å². The topological polar surface area (TPSA) is 67.4 Å². The van der Waals surface area contributed by atoms with Gasteiger partial charge in [0.25, 0.3) is 11.8 Å². The van der Waals surface area contributed by atoms with Gasteiger partial charge in [0.15, 0.2) is 0 Å². The summed E-state index contributed by atoms with van der Waals surface area (Å²) in [7, 11) is 0. The second-order valence-corrected chi connectivity index (χ2v) is 6.84. The average molecular weight is 375 g/mol. The first-order chi connectivity index (χ1) is 12.5. The van der Waals surface area contributed by atoms with E-state index in [0.717, 1.165) is 5.56 Å². The summed E-state index contributed by atoms with van der Waals surface area (Å²) in [6, 6.07) is 15.3. The van der Waals surface area contributed by atoms with Crippen molar-refractivity contribution in [3.05, 3.63) is 70.7 Å². The van der Waals surface area contributed by atoms with Gasteiger partial charge in [-0.05, 0) is 42.2 Å². The monoisotopic (exact) mass is 374 g/mol. The number of halogens is 1. The van der Waals surface area contributed by atoms with E-state index in [0.29, 0.717) is 17.0 Å². The Bertz CT molecular complexity index is 718. The predicted octanol–water partition coefficient (Wildman–Crippen LogP) is 3.73. The van der Waals surface area contributed by atoms with E-state index in [1.54, 1.807) is 24.3 Å². The highest BCUT2D eigenvalue weighted by Gasteiger charge is 2.22. The molecule has 0 saturated heterocycles. The molecule has 26 heavy (non-hydrogen) atoms. The van der Waals surface area contributed by atoms with E-state index in [-0.39, 0.29) is 24.3 Å². The highest BCUT2D eigenvalue weighted by atomic mass is 35.5. The third-order valence-corrected chi connectivity index (χ3v) is 3.94. The van der Waals surface area contributed by atoms with Gasteiger partial charge in [0.05, 0.1) is 6.61 Å². The smallest absolute Gasteiger partial charge is 0.266 e. The van der Waals surface area contributed by atoms with Gasteiger partial charge in [-0.15, -0.1) is 0 Å². The van der Waals surface area contributed by atoms with Gasteiger partial charge in [-0.25, -0.2) is 5.48 Å². The second-order valence-electron chi connectivity index (χ2n) is 6.40. The molecule has 0 aliphatic rings. The fourth-order valence-electron chi connectivity index (χ4n) is 2.38. The summed E-state index contributed by atoms with van der Waals surface area (Å²) in [6.07, 6.45) is 0.500. The zero-order valence-electron chi connectivity index (χ0n) is 14.9. The average Bonchev–Trinajstić information content (AvgIpc) is 2.62. The van der Waals surface area contributed by atoms with E-state index in [9.17, 15) is 9.59 Å². The third-order valence-electron chi connectivity index (χ3n) is 3.69. The molecule has 0 radical (unpaired) electrons.